The van der Waals surface area contributed by atoms with E-state index in [9.17, 15) is 4.79 Å². The first kappa shape index (κ1) is 12.1. The highest BCUT2D eigenvalue weighted by Crippen LogP contribution is 2.24. The second kappa shape index (κ2) is 4.85. The smallest absolute Gasteiger partial charge is 0.243 e. The van der Waals surface area contributed by atoms with Gasteiger partial charge in [0.25, 0.3) is 0 Å². The molecular formula is C11H18N4O2. The van der Waals surface area contributed by atoms with Crippen LogP contribution in [0.15, 0.2) is 6.20 Å². The van der Waals surface area contributed by atoms with Crippen molar-refractivity contribution in [3.8, 4) is 0 Å². The first-order valence-corrected chi connectivity index (χ1v) is 5.70. The van der Waals surface area contributed by atoms with Crippen LogP contribution in [0, 0.1) is 0 Å². The van der Waals surface area contributed by atoms with Crippen LogP contribution in [0.3, 0.4) is 0 Å². The van der Waals surface area contributed by atoms with E-state index in [4.69, 9.17) is 10.5 Å². The molecule has 0 radical (unpaired) electrons. The zero-order valence-electron chi connectivity index (χ0n) is 10.2. The number of likely N-dealkylation sites (N-methyl/N-ethyl adjacent to an activating group) is 1. The average Bonchev–Trinajstić information content (AvgIpc) is 2.70. The molecule has 0 saturated carbocycles. The van der Waals surface area contributed by atoms with Gasteiger partial charge < -0.3 is 15.4 Å². The number of nitrogens with two attached hydrogens (primary N) is 1. The van der Waals surface area contributed by atoms with Gasteiger partial charge in [-0.25, -0.2) is 0 Å². The summed E-state index contributed by atoms with van der Waals surface area (Å²) in [5, 5.41) is 4.39. The minimum Gasteiger partial charge on any atom is -0.370 e. The van der Waals surface area contributed by atoms with Crippen molar-refractivity contribution in [1.82, 2.24) is 14.7 Å². The Hall–Kier alpha value is -1.40. The van der Waals surface area contributed by atoms with Gasteiger partial charge >= 0.3 is 0 Å². The molecule has 1 atom stereocenters. The fourth-order valence-corrected chi connectivity index (χ4v) is 1.87. The second-order valence-electron chi connectivity index (χ2n) is 4.37. The molecule has 17 heavy (non-hydrogen) atoms. The maximum absolute atomic E-state index is 11.6. The normalized spacial score (nSPS) is 18.9. The molecule has 2 N–H and O–H groups in total. The Morgan fingerprint density at radius 2 is 2.47 bits per heavy atom. The molecule has 94 valence electrons. The molecule has 0 unspecified atom stereocenters. The van der Waals surface area contributed by atoms with Gasteiger partial charge in [0.2, 0.25) is 5.91 Å². The highest BCUT2D eigenvalue weighted by molar-refractivity contribution is 5.75. The lowest BCUT2D eigenvalue weighted by atomic mass is 10.1. The van der Waals surface area contributed by atoms with E-state index in [1.54, 1.807) is 23.7 Å². The number of carbonyl (C=O) groups is 1. The summed E-state index contributed by atoms with van der Waals surface area (Å²) in [6.45, 7) is 1.35. The topological polar surface area (TPSA) is 73.4 Å². The predicted molar refractivity (Wildman–Crippen MR) is 62.4 cm³/mol. The lowest BCUT2D eigenvalue weighted by Gasteiger charge is -2.19. The fourth-order valence-electron chi connectivity index (χ4n) is 1.87. The zero-order valence-corrected chi connectivity index (χ0v) is 10.2. The van der Waals surface area contributed by atoms with Gasteiger partial charge in [-0.3, -0.25) is 9.48 Å². The number of ether oxygens (including phenoxy) is 1. The number of hydrogen-bond donors (Lipinski definition) is 1. The van der Waals surface area contributed by atoms with E-state index in [1.165, 1.54) is 0 Å². The molecule has 1 aromatic rings. The first-order chi connectivity index (χ1) is 8.11. The lowest BCUT2D eigenvalue weighted by Crippen LogP contribution is -2.26. The maximum Gasteiger partial charge on any atom is 0.243 e. The number of carbonyl (C=O) groups excluding carboxylic acids is 1. The van der Waals surface area contributed by atoms with Crippen LogP contribution in [-0.2, 0) is 22.5 Å². The van der Waals surface area contributed by atoms with E-state index in [0.29, 0.717) is 13.2 Å². The molecule has 0 saturated heterocycles. The van der Waals surface area contributed by atoms with Crippen LogP contribution in [0.25, 0.3) is 0 Å². The van der Waals surface area contributed by atoms with Gasteiger partial charge in [0.1, 0.15) is 12.6 Å². The molecule has 6 heteroatoms. The minimum absolute atomic E-state index is 0.0232. The molecule has 0 aliphatic carbocycles. The summed E-state index contributed by atoms with van der Waals surface area (Å²) in [7, 11) is 3.47. The lowest BCUT2D eigenvalue weighted by molar-refractivity contribution is -0.129. The number of amides is 1. The van der Waals surface area contributed by atoms with Gasteiger partial charge in [0.05, 0.1) is 12.3 Å². The van der Waals surface area contributed by atoms with Crippen molar-refractivity contribution in [3.05, 3.63) is 17.5 Å². The van der Waals surface area contributed by atoms with Crippen molar-refractivity contribution in [3.63, 3.8) is 0 Å². The van der Waals surface area contributed by atoms with Crippen LogP contribution in [0.5, 0.6) is 0 Å². The summed E-state index contributed by atoms with van der Waals surface area (Å²) in [6.07, 6.45) is 2.62. The molecule has 0 spiro atoms. The third-order valence-corrected chi connectivity index (χ3v) is 2.88. The first-order valence-electron chi connectivity index (χ1n) is 5.70. The van der Waals surface area contributed by atoms with Crippen LogP contribution >= 0.6 is 0 Å². The van der Waals surface area contributed by atoms with Gasteiger partial charge in [-0.05, 0) is 12.0 Å². The quantitative estimate of drug-likeness (QED) is 0.773. The van der Waals surface area contributed by atoms with Crippen molar-refractivity contribution in [2.24, 2.45) is 5.73 Å². The average molecular weight is 238 g/mol. The van der Waals surface area contributed by atoms with E-state index >= 15 is 0 Å². The van der Waals surface area contributed by atoms with Crippen molar-refractivity contribution < 1.29 is 9.53 Å². The number of nitrogens with zero attached hydrogens (tertiary/aromatic N) is 3. The van der Waals surface area contributed by atoms with E-state index in [1.807, 2.05) is 6.20 Å². The summed E-state index contributed by atoms with van der Waals surface area (Å²) in [5.74, 6) is 0.0232. The summed E-state index contributed by atoms with van der Waals surface area (Å²) in [5.41, 5.74) is 7.64. The third kappa shape index (κ3) is 2.48. The Kier molecular flexibility index (Phi) is 3.44. The Morgan fingerprint density at radius 1 is 1.71 bits per heavy atom. The van der Waals surface area contributed by atoms with Crippen LogP contribution in [0.4, 0.5) is 0 Å². The molecule has 1 aliphatic heterocycles. The van der Waals surface area contributed by atoms with Gasteiger partial charge in [0.15, 0.2) is 0 Å². The van der Waals surface area contributed by atoms with Crippen LogP contribution in [0.1, 0.15) is 17.4 Å². The monoisotopic (exact) mass is 238 g/mol. The van der Waals surface area contributed by atoms with Gasteiger partial charge in [-0.1, -0.05) is 0 Å². The molecule has 1 aromatic heterocycles. The Morgan fingerprint density at radius 3 is 3.12 bits per heavy atom. The number of rotatable bonds is 3. The summed E-state index contributed by atoms with van der Waals surface area (Å²) in [4.78, 5) is 13.1. The SMILES string of the molecule is CN(C)C(=O)Cn1cc2c(n1)[C@H](CN)OCC2. The highest BCUT2D eigenvalue weighted by atomic mass is 16.5. The molecule has 1 aliphatic rings. The van der Waals surface area contributed by atoms with Gasteiger partial charge in [0, 0.05) is 26.8 Å². The largest absolute Gasteiger partial charge is 0.370 e. The Balaban J connectivity index is 2.16. The maximum atomic E-state index is 11.6. The summed E-state index contributed by atoms with van der Waals surface area (Å²) < 4.78 is 7.19. The highest BCUT2D eigenvalue weighted by Gasteiger charge is 2.23. The predicted octanol–water partition coefficient (Wildman–Crippen LogP) is -0.456. The molecule has 6 nitrogen and oxygen atoms in total. The van der Waals surface area contributed by atoms with E-state index in [-0.39, 0.29) is 18.6 Å². The molecular weight excluding hydrogens is 220 g/mol. The van der Waals surface area contributed by atoms with Crippen LogP contribution in [0.2, 0.25) is 0 Å². The molecule has 2 rings (SSSR count). The van der Waals surface area contributed by atoms with E-state index in [2.05, 4.69) is 5.10 Å². The number of hydrogen-bond acceptors (Lipinski definition) is 4. The van der Waals surface area contributed by atoms with Crippen molar-refractivity contribution in [2.45, 2.75) is 19.1 Å². The third-order valence-electron chi connectivity index (χ3n) is 2.88. The molecule has 0 bridgehead atoms. The van der Waals surface area contributed by atoms with Gasteiger partial charge in [-0.15, -0.1) is 0 Å². The summed E-state index contributed by atoms with van der Waals surface area (Å²) in [6, 6.07) is 0. The van der Waals surface area contributed by atoms with Crippen LogP contribution < -0.4 is 5.73 Å². The van der Waals surface area contributed by atoms with Crippen molar-refractivity contribution in [2.75, 3.05) is 27.2 Å². The number of fused-ring (bicyclic) bond motifs is 1. The van der Waals surface area contributed by atoms with Crippen molar-refractivity contribution in [1.29, 1.82) is 0 Å². The standard InChI is InChI=1S/C11H18N4O2/c1-14(2)10(16)7-15-6-8-3-4-17-9(5-12)11(8)13-15/h6,9H,3-5,7,12H2,1-2H3/t9-/m0/s1. The fraction of sp³-hybridized carbons (Fsp3) is 0.636. The Bertz CT molecular complexity index is 414. The van der Waals surface area contributed by atoms with E-state index in [0.717, 1.165) is 17.7 Å². The molecule has 1 amide bonds. The van der Waals surface area contributed by atoms with Crippen molar-refractivity contribution >= 4 is 5.91 Å². The van der Waals surface area contributed by atoms with Crippen LogP contribution in [-0.4, -0.2) is 47.8 Å². The molecule has 0 aromatic carbocycles. The van der Waals surface area contributed by atoms with E-state index < -0.39 is 0 Å². The molecule has 0 fully saturated rings. The minimum atomic E-state index is -0.130. The number of aromatic nitrogens is 2. The zero-order chi connectivity index (χ0) is 12.4. The Labute approximate surface area is 100 Å². The second-order valence-corrected chi connectivity index (χ2v) is 4.37. The summed E-state index contributed by atoms with van der Waals surface area (Å²) >= 11 is 0. The molecule has 2 heterocycles. The van der Waals surface area contributed by atoms with Gasteiger partial charge in [-0.2, -0.15) is 5.10 Å².